The summed E-state index contributed by atoms with van der Waals surface area (Å²) in [6.07, 6.45) is 3.94. The molecule has 0 aromatic heterocycles. The molecule has 3 atom stereocenters. The van der Waals surface area contributed by atoms with Gasteiger partial charge in [-0.2, -0.15) is 5.01 Å². The fraction of sp³-hybridized carbons (Fsp3) is 0.261. The van der Waals surface area contributed by atoms with Gasteiger partial charge in [-0.15, -0.1) is 0 Å². The number of nitrogens with zero attached hydrogens (tertiary/aromatic N) is 4. The third kappa shape index (κ3) is 3.81. The lowest BCUT2D eigenvalue weighted by atomic mass is 9.78. The fourth-order valence-electron chi connectivity index (χ4n) is 4.54. The van der Waals surface area contributed by atoms with Crippen molar-refractivity contribution in [3.8, 4) is 0 Å². The van der Waals surface area contributed by atoms with E-state index in [-0.39, 0.29) is 22.7 Å². The van der Waals surface area contributed by atoms with E-state index < -0.39 is 51.6 Å². The maximum Gasteiger partial charge on any atom is 0.282 e. The molecule has 4 rings (SSSR count). The van der Waals surface area contributed by atoms with E-state index in [1.54, 1.807) is 13.0 Å². The number of carbonyl (C=O) groups excluding carboxylic acids is 3. The van der Waals surface area contributed by atoms with Crippen LogP contribution in [-0.2, 0) is 16.1 Å². The predicted molar refractivity (Wildman–Crippen MR) is 118 cm³/mol. The van der Waals surface area contributed by atoms with Crippen molar-refractivity contribution in [3.05, 3.63) is 92.0 Å². The van der Waals surface area contributed by atoms with Gasteiger partial charge in [0, 0.05) is 12.1 Å². The molecule has 0 unspecified atom stereocenters. The van der Waals surface area contributed by atoms with E-state index in [0.29, 0.717) is 11.4 Å². The first-order chi connectivity index (χ1) is 16.2. The Balaban J connectivity index is 1.82. The molecule has 2 aromatic carbocycles. The molecule has 11 nitrogen and oxygen atoms in total. The zero-order valence-electron chi connectivity index (χ0n) is 18.1. The van der Waals surface area contributed by atoms with E-state index in [4.69, 9.17) is 0 Å². The maximum atomic E-state index is 13.6. The van der Waals surface area contributed by atoms with E-state index in [2.05, 4.69) is 0 Å². The molecular weight excluding hydrogens is 444 g/mol. The summed E-state index contributed by atoms with van der Waals surface area (Å²) in [4.78, 5) is 62.0. The van der Waals surface area contributed by atoms with Crippen molar-refractivity contribution in [1.82, 2.24) is 10.0 Å². The summed E-state index contributed by atoms with van der Waals surface area (Å²) >= 11 is 0. The number of fused-ring (bicyclic) bond motifs is 1. The summed E-state index contributed by atoms with van der Waals surface area (Å²) in [6, 6.07) is 10.8. The maximum absolute atomic E-state index is 13.6. The quantitative estimate of drug-likeness (QED) is 0.276. The Kier molecular flexibility index (Phi) is 5.93. The Labute approximate surface area is 193 Å². The first-order valence-electron chi connectivity index (χ1n) is 10.5. The van der Waals surface area contributed by atoms with Gasteiger partial charge in [0.25, 0.3) is 29.1 Å². The van der Waals surface area contributed by atoms with Crippen LogP contribution in [0.1, 0.15) is 29.3 Å². The van der Waals surface area contributed by atoms with Crippen molar-refractivity contribution in [2.75, 3.05) is 0 Å². The Hall–Kier alpha value is -4.41. The first-order valence-corrected chi connectivity index (χ1v) is 10.5. The van der Waals surface area contributed by atoms with Crippen molar-refractivity contribution in [3.63, 3.8) is 0 Å². The van der Waals surface area contributed by atoms with Crippen LogP contribution in [0.25, 0.3) is 0 Å². The van der Waals surface area contributed by atoms with Crippen LogP contribution in [0.15, 0.2) is 60.7 Å². The molecule has 0 N–H and O–H groups in total. The molecule has 34 heavy (non-hydrogen) atoms. The zero-order valence-corrected chi connectivity index (χ0v) is 18.1. The molecule has 2 aromatic rings. The predicted octanol–water partition coefficient (Wildman–Crippen LogP) is 3.26. The smallest absolute Gasteiger partial charge is 0.272 e. The summed E-state index contributed by atoms with van der Waals surface area (Å²) in [5, 5.41) is 24.6. The van der Waals surface area contributed by atoms with Crippen LogP contribution in [-0.4, -0.2) is 37.6 Å². The van der Waals surface area contributed by atoms with Crippen LogP contribution in [0.2, 0.25) is 0 Å². The van der Waals surface area contributed by atoms with Gasteiger partial charge in [-0.1, -0.05) is 49.4 Å². The van der Waals surface area contributed by atoms with Gasteiger partial charge in [0.1, 0.15) is 5.56 Å². The number of amides is 3. The molecule has 1 saturated heterocycles. The number of para-hydroxylation sites is 2. The second kappa shape index (κ2) is 8.85. The molecule has 0 radical (unpaired) electrons. The molecule has 0 spiro atoms. The van der Waals surface area contributed by atoms with Crippen LogP contribution in [0, 0.1) is 38.0 Å². The van der Waals surface area contributed by atoms with E-state index in [9.17, 15) is 34.6 Å². The fourth-order valence-corrected chi connectivity index (χ4v) is 4.54. The van der Waals surface area contributed by atoms with Gasteiger partial charge in [-0.05, 0) is 18.4 Å². The lowest BCUT2D eigenvalue weighted by Gasteiger charge is -2.30. The lowest BCUT2D eigenvalue weighted by Crippen LogP contribution is -2.50. The summed E-state index contributed by atoms with van der Waals surface area (Å²) in [5.41, 5.74) is -1.09. The number of nitro groups is 2. The van der Waals surface area contributed by atoms with Crippen LogP contribution in [0.5, 0.6) is 0 Å². The van der Waals surface area contributed by atoms with Crippen molar-refractivity contribution in [1.29, 1.82) is 0 Å². The molecule has 11 heteroatoms. The number of rotatable bonds is 6. The minimum absolute atomic E-state index is 0.0704. The second-order valence-corrected chi connectivity index (χ2v) is 8.17. The van der Waals surface area contributed by atoms with Gasteiger partial charge in [0.05, 0.1) is 33.8 Å². The van der Waals surface area contributed by atoms with Crippen LogP contribution in [0.4, 0.5) is 11.4 Å². The molecule has 1 heterocycles. The number of benzene rings is 2. The standard InChI is InChI=1S/C23H20N4O7/c1-14-7-6-10-17-20(14)23(30)25(22(17)29)24(13-15-8-2-4-11-18(15)26(31)32)21(28)16-9-3-5-12-19(16)27(33)34/h2-9,11-12,14,17,20H,10,13H2,1H3/t14-,17-,20-/m1/s1. The van der Waals surface area contributed by atoms with Gasteiger partial charge in [0.15, 0.2) is 0 Å². The van der Waals surface area contributed by atoms with Gasteiger partial charge >= 0.3 is 0 Å². The highest BCUT2D eigenvalue weighted by Gasteiger charge is 2.53. The average Bonchev–Trinajstić information content (AvgIpc) is 3.08. The number of hydrogen-bond acceptors (Lipinski definition) is 7. The van der Waals surface area contributed by atoms with E-state index >= 15 is 0 Å². The Morgan fingerprint density at radius 3 is 2.26 bits per heavy atom. The number of hydrazine groups is 1. The molecule has 3 amide bonds. The van der Waals surface area contributed by atoms with Gasteiger partial charge < -0.3 is 0 Å². The molecule has 174 valence electrons. The molecule has 0 saturated carbocycles. The molecule has 2 aliphatic rings. The third-order valence-corrected chi connectivity index (χ3v) is 6.16. The summed E-state index contributed by atoms with van der Waals surface area (Å²) in [5.74, 6) is -3.83. The van der Waals surface area contributed by atoms with Crippen molar-refractivity contribution >= 4 is 29.1 Å². The van der Waals surface area contributed by atoms with Crippen molar-refractivity contribution in [2.24, 2.45) is 17.8 Å². The van der Waals surface area contributed by atoms with Crippen LogP contribution in [0.3, 0.4) is 0 Å². The SMILES string of the molecule is C[C@@H]1C=CC[C@H]2C(=O)N(N(Cc3ccccc3[N+](=O)[O-])C(=O)c3ccccc3[N+](=O)[O-])C(=O)[C@H]12. The van der Waals surface area contributed by atoms with Gasteiger partial charge in [-0.25, -0.2) is 5.01 Å². The summed E-state index contributed by atoms with van der Waals surface area (Å²) in [7, 11) is 0. The number of hydrogen-bond donors (Lipinski definition) is 0. The number of carbonyl (C=O) groups is 3. The van der Waals surface area contributed by atoms with E-state index in [1.165, 1.54) is 42.5 Å². The summed E-state index contributed by atoms with van der Waals surface area (Å²) < 4.78 is 0. The number of nitro benzene ring substituents is 2. The van der Waals surface area contributed by atoms with Crippen molar-refractivity contribution < 1.29 is 24.2 Å². The minimum atomic E-state index is -0.980. The average molecular weight is 464 g/mol. The van der Waals surface area contributed by atoms with E-state index in [1.807, 2.05) is 6.08 Å². The first kappa shape index (κ1) is 22.8. The zero-order chi connectivity index (χ0) is 24.6. The molecule has 1 fully saturated rings. The monoisotopic (exact) mass is 464 g/mol. The molecular formula is C23H20N4O7. The normalized spacial score (nSPS) is 21.3. The van der Waals surface area contributed by atoms with Gasteiger partial charge in [-0.3, -0.25) is 34.6 Å². The highest BCUT2D eigenvalue weighted by Crippen LogP contribution is 2.40. The Morgan fingerprint density at radius 2 is 1.62 bits per heavy atom. The van der Waals surface area contributed by atoms with Gasteiger partial charge in [0.2, 0.25) is 0 Å². The largest absolute Gasteiger partial charge is 0.282 e. The number of imide groups is 1. The number of allylic oxidation sites excluding steroid dienone is 2. The van der Waals surface area contributed by atoms with Crippen molar-refractivity contribution in [2.45, 2.75) is 19.9 Å². The lowest BCUT2D eigenvalue weighted by molar-refractivity contribution is -0.385. The van der Waals surface area contributed by atoms with Crippen LogP contribution < -0.4 is 0 Å². The second-order valence-electron chi connectivity index (χ2n) is 8.17. The summed E-state index contributed by atoms with van der Waals surface area (Å²) in [6.45, 7) is 1.29. The third-order valence-electron chi connectivity index (χ3n) is 6.16. The topological polar surface area (TPSA) is 144 Å². The van der Waals surface area contributed by atoms with Crippen LogP contribution >= 0.6 is 0 Å². The highest BCUT2D eigenvalue weighted by atomic mass is 16.6. The molecule has 1 aliphatic heterocycles. The Morgan fingerprint density at radius 1 is 1.00 bits per heavy atom. The van der Waals surface area contributed by atoms with E-state index in [0.717, 1.165) is 11.1 Å². The molecule has 0 bridgehead atoms. The minimum Gasteiger partial charge on any atom is -0.272 e. The Bertz CT molecular complexity index is 1240. The highest BCUT2D eigenvalue weighted by molar-refractivity contribution is 6.08. The molecule has 1 aliphatic carbocycles.